The average Bonchev–Trinajstić information content (AvgIpc) is 3.30. The summed E-state index contributed by atoms with van der Waals surface area (Å²) in [5.74, 6) is 0.453. The van der Waals surface area contributed by atoms with E-state index in [9.17, 15) is 4.79 Å². The maximum absolute atomic E-state index is 13.3. The van der Waals surface area contributed by atoms with E-state index in [4.69, 9.17) is 0 Å². The monoisotopic (exact) mass is 409 g/mol. The highest BCUT2D eigenvalue weighted by atomic mass is 16.2. The van der Waals surface area contributed by atoms with Crippen molar-refractivity contribution in [1.29, 1.82) is 0 Å². The van der Waals surface area contributed by atoms with Crippen molar-refractivity contribution in [2.24, 2.45) is 0 Å². The molecule has 0 bridgehead atoms. The van der Waals surface area contributed by atoms with Gasteiger partial charge in [0.25, 0.3) is 5.91 Å². The Kier molecular flexibility index (Phi) is 4.82. The first-order valence-electron chi connectivity index (χ1n) is 10.4. The Morgan fingerprint density at radius 1 is 1.03 bits per heavy atom. The number of carbonyl (C=O) groups excluding carboxylic acids is 1. The summed E-state index contributed by atoms with van der Waals surface area (Å²) in [6.07, 6.45) is 6.98. The van der Waals surface area contributed by atoms with Crippen molar-refractivity contribution in [1.82, 2.24) is 19.7 Å². The lowest BCUT2D eigenvalue weighted by atomic mass is 9.91. The van der Waals surface area contributed by atoms with Crippen molar-refractivity contribution in [2.75, 3.05) is 11.4 Å². The fraction of sp³-hybridized carbons (Fsp3) is 0.200. The Bertz CT molecular complexity index is 1250. The SMILES string of the molecule is Cc1ccnc(N2CCc3cc(C)c(Cc4ccc(-n5cccn5)cc4)cc3C2=O)n1. The van der Waals surface area contributed by atoms with Crippen LogP contribution >= 0.6 is 0 Å². The van der Waals surface area contributed by atoms with Gasteiger partial charge in [0.2, 0.25) is 5.95 Å². The summed E-state index contributed by atoms with van der Waals surface area (Å²) in [5, 5.41) is 4.27. The van der Waals surface area contributed by atoms with E-state index in [1.54, 1.807) is 17.3 Å². The number of rotatable bonds is 4. The topological polar surface area (TPSA) is 63.9 Å². The standard InChI is InChI=1S/C25H23N5O/c1-17-14-20-9-13-29(25-26-11-8-18(2)28-25)24(31)23(20)16-21(17)15-19-4-6-22(7-5-19)30-12-3-10-27-30/h3-8,10-12,14,16H,9,13,15H2,1-2H3. The minimum Gasteiger partial charge on any atom is -0.276 e. The number of hydrogen-bond acceptors (Lipinski definition) is 4. The van der Waals surface area contributed by atoms with Gasteiger partial charge in [-0.15, -0.1) is 0 Å². The molecule has 3 heterocycles. The number of anilines is 1. The van der Waals surface area contributed by atoms with E-state index in [0.717, 1.165) is 40.9 Å². The number of nitrogens with zero attached hydrogens (tertiary/aromatic N) is 5. The summed E-state index contributed by atoms with van der Waals surface area (Å²) in [6, 6.07) is 16.3. The van der Waals surface area contributed by atoms with Gasteiger partial charge in [0.05, 0.1) is 5.69 Å². The van der Waals surface area contributed by atoms with E-state index in [-0.39, 0.29) is 5.91 Å². The smallest absolute Gasteiger partial charge is 0.260 e. The van der Waals surface area contributed by atoms with Gasteiger partial charge in [-0.2, -0.15) is 5.10 Å². The van der Waals surface area contributed by atoms with Gasteiger partial charge < -0.3 is 0 Å². The Hall–Kier alpha value is -3.80. The molecule has 1 aliphatic rings. The predicted molar refractivity (Wildman–Crippen MR) is 120 cm³/mol. The molecule has 0 spiro atoms. The molecule has 0 atom stereocenters. The summed E-state index contributed by atoms with van der Waals surface area (Å²) in [7, 11) is 0. The third kappa shape index (κ3) is 3.72. The van der Waals surface area contributed by atoms with E-state index in [2.05, 4.69) is 58.4 Å². The Labute approximate surface area is 181 Å². The molecule has 0 fully saturated rings. The number of aryl methyl sites for hydroxylation is 2. The van der Waals surface area contributed by atoms with E-state index in [1.165, 1.54) is 11.1 Å². The quantitative estimate of drug-likeness (QED) is 0.510. The minimum absolute atomic E-state index is 0.0258. The second kappa shape index (κ2) is 7.80. The molecule has 0 radical (unpaired) electrons. The fourth-order valence-electron chi connectivity index (χ4n) is 4.05. The molecular formula is C25H23N5O. The predicted octanol–water partition coefficient (Wildman–Crippen LogP) is 4.07. The van der Waals surface area contributed by atoms with Crippen LogP contribution in [-0.2, 0) is 12.8 Å². The molecule has 1 aliphatic heterocycles. The largest absolute Gasteiger partial charge is 0.276 e. The lowest BCUT2D eigenvalue weighted by molar-refractivity contribution is 0.0979. The summed E-state index contributed by atoms with van der Waals surface area (Å²) in [4.78, 5) is 23.7. The normalized spacial score (nSPS) is 13.4. The molecule has 2 aromatic carbocycles. The molecule has 4 aromatic rings. The third-order valence-corrected chi connectivity index (χ3v) is 5.77. The molecule has 0 saturated heterocycles. The second-order valence-electron chi connectivity index (χ2n) is 7.93. The zero-order valence-corrected chi connectivity index (χ0v) is 17.6. The molecule has 5 rings (SSSR count). The van der Waals surface area contributed by atoms with Gasteiger partial charge in [-0.25, -0.2) is 14.6 Å². The van der Waals surface area contributed by atoms with E-state index in [1.807, 2.05) is 29.9 Å². The van der Waals surface area contributed by atoms with Gasteiger partial charge >= 0.3 is 0 Å². The van der Waals surface area contributed by atoms with Gasteiger partial charge in [0, 0.05) is 36.4 Å². The molecule has 0 N–H and O–H groups in total. The first-order chi connectivity index (χ1) is 15.1. The highest BCUT2D eigenvalue weighted by molar-refractivity contribution is 6.07. The molecule has 2 aromatic heterocycles. The van der Waals surface area contributed by atoms with Crippen molar-refractivity contribution >= 4 is 11.9 Å². The average molecular weight is 409 g/mol. The lowest BCUT2D eigenvalue weighted by Crippen LogP contribution is -2.39. The third-order valence-electron chi connectivity index (χ3n) is 5.77. The molecule has 0 unspecified atom stereocenters. The highest BCUT2D eigenvalue weighted by Crippen LogP contribution is 2.27. The van der Waals surface area contributed by atoms with E-state index < -0.39 is 0 Å². The first-order valence-corrected chi connectivity index (χ1v) is 10.4. The number of hydrogen-bond donors (Lipinski definition) is 0. The Morgan fingerprint density at radius 3 is 2.61 bits per heavy atom. The van der Waals surface area contributed by atoms with Crippen LogP contribution in [0.2, 0.25) is 0 Å². The molecule has 6 heteroatoms. The molecule has 0 saturated carbocycles. The van der Waals surface area contributed by atoms with Gasteiger partial charge in [-0.05, 0) is 79.3 Å². The van der Waals surface area contributed by atoms with Crippen LogP contribution in [-0.4, -0.2) is 32.2 Å². The van der Waals surface area contributed by atoms with Gasteiger partial charge in [-0.1, -0.05) is 18.2 Å². The van der Waals surface area contributed by atoms with Crippen LogP contribution in [0, 0.1) is 13.8 Å². The first kappa shape index (κ1) is 19.2. The number of aromatic nitrogens is 4. The van der Waals surface area contributed by atoms with Crippen molar-refractivity contribution in [3.05, 3.63) is 101 Å². The Morgan fingerprint density at radius 2 is 1.87 bits per heavy atom. The molecule has 6 nitrogen and oxygen atoms in total. The second-order valence-corrected chi connectivity index (χ2v) is 7.93. The van der Waals surface area contributed by atoms with Crippen LogP contribution in [0.25, 0.3) is 5.69 Å². The molecular weight excluding hydrogens is 386 g/mol. The fourth-order valence-corrected chi connectivity index (χ4v) is 4.05. The van der Waals surface area contributed by atoms with Gasteiger partial charge in [-0.3, -0.25) is 9.69 Å². The van der Waals surface area contributed by atoms with Crippen LogP contribution in [0.5, 0.6) is 0 Å². The minimum atomic E-state index is -0.0258. The number of benzene rings is 2. The molecule has 0 aliphatic carbocycles. The summed E-state index contributed by atoms with van der Waals surface area (Å²) in [6.45, 7) is 4.63. The van der Waals surface area contributed by atoms with Crippen molar-refractivity contribution in [3.8, 4) is 5.69 Å². The van der Waals surface area contributed by atoms with Gasteiger partial charge in [0.1, 0.15) is 0 Å². The number of fused-ring (bicyclic) bond motifs is 1. The molecule has 31 heavy (non-hydrogen) atoms. The van der Waals surface area contributed by atoms with Gasteiger partial charge in [0.15, 0.2) is 0 Å². The summed E-state index contributed by atoms with van der Waals surface area (Å²) < 4.78 is 1.84. The summed E-state index contributed by atoms with van der Waals surface area (Å²) >= 11 is 0. The zero-order chi connectivity index (χ0) is 21.4. The molecule has 1 amide bonds. The van der Waals surface area contributed by atoms with Crippen LogP contribution < -0.4 is 4.90 Å². The van der Waals surface area contributed by atoms with Crippen molar-refractivity contribution in [3.63, 3.8) is 0 Å². The van der Waals surface area contributed by atoms with Crippen LogP contribution in [0.3, 0.4) is 0 Å². The lowest BCUT2D eigenvalue weighted by Gasteiger charge is -2.28. The van der Waals surface area contributed by atoms with E-state index in [0.29, 0.717) is 12.5 Å². The van der Waals surface area contributed by atoms with Crippen molar-refractivity contribution < 1.29 is 4.79 Å². The van der Waals surface area contributed by atoms with Crippen LogP contribution in [0.4, 0.5) is 5.95 Å². The highest BCUT2D eigenvalue weighted by Gasteiger charge is 2.28. The van der Waals surface area contributed by atoms with Crippen LogP contribution in [0.1, 0.15) is 38.3 Å². The maximum Gasteiger partial charge on any atom is 0.260 e. The Balaban J connectivity index is 1.42. The maximum atomic E-state index is 13.3. The van der Waals surface area contributed by atoms with E-state index >= 15 is 0 Å². The van der Waals surface area contributed by atoms with Crippen LogP contribution in [0.15, 0.2) is 67.1 Å². The molecule has 154 valence electrons. The zero-order valence-electron chi connectivity index (χ0n) is 17.6. The number of amides is 1. The summed E-state index contributed by atoms with van der Waals surface area (Å²) in [5.41, 5.74) is 7.30. The number of carbonyl (C=O) groups is 1. The van der Waals surface area contributed by atoms with Crippen molar-refractivity contribution in [2.45, 2.75) is 26.7 Å².